The fourth-order valence-electron chi connectivity index (χ4n) is 1.66. The van der Waals surface area contributed by atoms with E-state index in [9.17, 15) is 0 Å². The van der Waals surface area contributed by atoms with Crippen LogP contribution in [0.15, 0.2) is 24.3 Å². The maximum Gasteiger partial charge on any atom is 0.119 e. The van der Waals surface area contributed by atoms with Gasteiger partial charge in [-0.1, -0.05) is 19.1 Å². The lowest BCUT2D eigenvalue weighted by atomic mass is 10.1. The van der Waals surface area contributed by atoms with E-state index in [4.69, 9.17) is 9.84 Å². The average molecular weight is 237 g/mol. The Kier molecular flexibility index (Phi) is 6.67. The summed E-state index contributed by atoms with van der Waals surface area (Å²) >= 11 is 0. The van der Waals surface area contributed by atoms with Crippen molar-refractivity contribution in [3.63, 3.8) is 0 Å². The fraction of sp³-hybridized carbons (Fsp3) is 0.571. The van der Waals surface area contributed by atoms with Crippen molar-refractivity contribution < 1.29 is 9.84 Å². The molecule has 0 radical (unpaired) electrons. The Bertz CT molecular complexity index is 298. The second kappa shape index (κ2) is 8.09. The van der Waals surface area contributed by atoms with Gasteiger partial charge in [-0.15, -0.1) is 0 Å². The molecule has 0 saturated carbocycles. The molecule has 1 aromatic carbocycles. The van der Waals surface area contributed by atoms with E-state index >= 15 is 0 Å². The molecule has 1 atom stereocenters. The van der Waals surface area contributed by atoms with E-state index in [0.29, 0.717) is 12.5 Å². The molecule has 3 nitrogen and oxygen atoms in total. The maximum atomic E-state index is 8.79. The zero-order valence-electron chi connectivity index (χ0n) is 10.8. The van der Waals surface area contributed by atoms with E-state index in [0.717, 1.165) is 25.3 Å². The molecule has 0 amide bonds. The minimum Gasteiger partial charge on any atom is -0.494 e. The van der Waals surface area contributed by atoms with E-state index in [1.165, 1.54) is 5.56 Å². The van der Waals surface area contributed by atoms with Gasteiger partial charge < -0.3 is 15.2 Å². The summed E-state index contributed by atoms with van der Waals surface area (Å²) in [6.07, 6.45) is 0.857. The number of nitrogens with one attached hydrogen (secondary N) is 1. The van der Waals surface area contributed by atoms with Crippen LogP contribution < -0.4 is 10.1 Å². The molecule has 3 heteroatoms. The predicted molar refractivity (Wildman–Crippen MR) is 70.2 cm³/mol. The van der Waals surface area contributed by atoms with Crippen LogP contribution in [0.25, 0.3) is 0 Å². The Morgan fingerprint density at radius 1 is 1.29 bits per heavy atom. The number of hydrogen-bond acceptors (Lipinski definition) is 3. The lowest BCUT2D eigenvalue weighted by Crippen LogP contribution is -2.21. The zero-order valence-corrected chi connectivity index (χ0v) is 10.8. The first kappa shape index (κ1) is 14.0. The van der Waals surface area contributed by atoms with Crippen molar-refractivity contribution in [1.29, 1.82) is 0 Å². The van der Waals surface area contributed by atoms with E-state index in [1.807, 2.05) is 19.1 Å². The van der Waals surface area contributed by atoms with Gasteiger partial charge in [0.05, 0.1) is 6.61 Å². The number of benzene rings is 1. The molecule has 0 bridgehead atoms. The van der Waals surface area contributed by atoms with Gasteiger partial charge in [0.2, 0.25) is 0 Å². The smallest absolute Gasteiger partial charge is 0.119 e. The standard InChI is InChI=1S/C14H23NO2/c1-3-17-14-6-4-13(5-7-14)11-15-10-12(2)8-9-16/h4-7,12,15-16H,3,8-11H2,1-2H3. The number of rotatable bonds is 8. The van der Waals surface area contributed by atoms with Crippen LogP contribution in [0.1, 0.15) is 25.8 Å². The molecule has 0 saturated heterocycles. The van der Waals surface area contributed by atoms with E-state index < -0.39 is 0 Å². The zero-order chi connectivity index (χ0) is 12.5. The van der Waals surface area contributed by atoms with Crippen LogP contribution in [0.2, 0.25) is 0 Å². The highest BCUT2D eigenvalue weighted by Crippen LogP contribution is 2.11. The van der Waals surface area contributed by atoms with Gasteiger partial charge in [0.1, 0.15) is 5.75 Å². The lowest BCUT2D eigenvalue weighted by molar-refractivity contribution is 0.260. The average Bonchev–Trinajstić information content (AvgIpc) is 2.32. The molecule has 96 valence electrons. The lowest BCUT2D eigenvalue weighted by Gasteiger charge is -2.11. The minimum atomic E-state index is 0.270. The summed E-state index contributed by atoms with van der Waals surface area (Å²) in [7, 11) is 0. The van der Waals surface area contributed by atoms with Gasteiger partial charge in [0.25, 0.3) is 0 Å². The summed E-state index contributed by atoms with van der Waals surface area (Å²) < 4.78 is 5.39. The third kappa shape index (κ3) is 5.71. The Labute approximate surface area is 104 Å². The maximum absolute atomic E-state index is 8.79. The van der Waals surface area contributed by atoms with Gasteiger partial charge in [-0.05, 0) is 43.5 Å². The van der Waals surface area contributed by atoms with Gasteiger partial charge in [-0.3, -0.25) is 0 Å². The quantitative estimate of drug-likeness (QED) is 0.728. The Morgan fingerprint density at radius 3 is 2.59 bits per heavy atom. The van der Waals surface area contributed by atoms with Crippen molar-refractivity contribution in [2.75, 3.05) is 19.8 Å². The molecule has 0 heterocycles. The summed E-state index contributed by atoms with van der Waals surface area (Å²) in [6, 6.07) is 8.15. The molecule has 0 aliphatic heterocycles. The molecule has 0 spiro atoms. The number of aliphatic hydroxyl groups excluding tert-OH is 1. The molecular weight excluding hydrogens is 214 g/mol. The molecule has 0 fully saturated rings. The van der Waals surface area contributed by atoms with Crippen molar-refractivity contribution in [2.24, 2.45) is 5.92 Å². The third-order valence-electron chi connectivity index (χ3n) is 2.68. The molecule has 0 aliphatic carbocycles. The second-order valence-electron chi connectivity index (χ2n) is 4.33. The van der Waals surface area contributed by atoms with E-state index in [2.05, 4.69) is 24.4 Å². The van der Waals surface area contributed by atoms with Gasteiger partial charge in [-0.25, -0.2) is 0 Å². The summed E-state index contributed by atoms with van der Waals surface area (Å²) in [5, 5.41) is 12.2. The van der Waals surface area contributed by atoms with Crippen LogP contribution in [0, 0.1) is 5.92 Å². The van der Waals surface area contributed by atoms with Gasteiger partial charge in [0.15, 0.2) is 0 Å². The van der Waals surface area contributed by atoms with Crippen LogP contribution in [0.5, 0.6) is 5.75 Å². The van der Waals surface area contributed by atoms with Crippen molar-refractivity contribution >= 4 is 0 Å². The van der Waals surface area contributed by atoms with Gasteiger partial charge >= 0.3 is 0 Å². The first-order valence-electron chi connectivity index (χ1n) is 6.29. The molecule has 2 N–H and O–H groups in total. The summed E-state index contributed by atoms with van der Waals surface area (Å²) in [4.78, 5) is 0. The number of hydrogen-bond donors (Lipinski definition) is 2. The first-order chi connectivity index (χ1) is 8.26. The van der Waals surface area contributed by atoms with Crippen molar-refractivity contribution in [1.82, 2.24) is 5.32 Å². The van der Waals surface area contributed by atoms with E-state index in [1.54, 1.807) is 0 Å². The summed E-state index contributed by atoms with van der Waals surface area (Å²) in [6.45, 7) is 6.90. The summed E-state index contributed by atoms with van der Waals surface area (Å²) in [5.74, 6) is 1.44. The Balaban J connectivity index is 2.27. The first-order valence-corrected chi connectivity index (χ1v) is 6.29. The van der Waals surface area contributed by atoms with Crippen LogP contribution in [0.3, 0.4) is 0 Å². The topological polar surface area (TPSA) is 41.5 Å². The monoisotopic (exact) mass is 237 g/mol. The van der Waals surface area contributed by atoms with E-state index in [-0.39, 0.29) is 6.61 Å². The fourth-order valence-corrected chi connectivity index (χ4v) is 1.66. The van der Waals surface area contributed by atoms with Crippen molar-refractivity contribution in [2.45, 2.75) is 26.8 Å². The number of aliphatic hydroxyl groups is 1. The normalized spacial score (nSPS) is 12.4. The highest BCUT2D eigenvalue weighted by molar-refractivity contribution is 5.27. The molecular formula is C14H23NO2. The molecule has 0 aromatic heterocycles. The highest BCUT2D eigenvalue weighted by atomic mass is 16.5. The highest BCUT2D eigenvalue weighted by Gasteiger charge is 2.00. The van der Waals surface area contributed by atoms with Crippen LogP contribution in [-0.4, -0.2) is 24.9 Å². The summed E-state index contributed by atoms with van der Waals surface area (Å²) in [5.41, 5.74) is 1.25. The molecule has 1 rings (SSSR count). The predicted octanol–water partition coefficient (Wildman–Crippen LogP) is 2.19. The Hall–Kier alpha value is -1.06. The molecule has 17 heavy (non-hydrogen) atoms. The largest absolute Gasteiger partial charge is 0.494 e. The van der Waals surface area contributed by atoms with Crippen LogP contribution in [-0.2, 0) is 6.54 Å². The van der Waals surface area contributed by atoms with Crippen molar-refractivity contribution in [3.8, 4) is 5.75 Å². The van der Waals surface area contributed by atoms with Gasteiger partial charge in [-0.2, -0.15) is 0 Å². The third-order valence-corrected chi connectivity index (χ3v) is 2.68. The Morgan fingerprint density at radius 2 is 2.00 bits per heavy atom. The molecule has 1 aromatic rings. The molecule has 0 aliphatic rings. The van der Waals surface area contributed by atoms with Crippen molar-refractivity contribution in [3.05, 3.63) is 29.8 Å². The minimum absolute atomic E-state index is 0.270. The SMILES string of the molecule is CCOc1ccc(CNCC(C)CCO)cc1. The second-order valence-corrected chi connectivity index (χ2v) is 4.33. The van der Waals surface area contributed by atoms with Gasteiger partial charge in [0, 0.05) is 13.2 Å². The molecule has 1 unspecified atom stereocenters. The van der Waals surface area contributed by atoms with Crippen LogP contribution >= 0.6 is 0 Å². The van der Waals surface area contributed by atoms with Crippen LogP contribution in [0.4, 0.5) is 0 Å². The number of ether oxygens (including phenoxy) is 1.